The number of hydrogen-bond acceptors (Lipinski definition) is 4. The van der Waals surface area contributed by atoms with Gasteiger partial charge in [0.1, 0.15) is 6.54 Å². The van der Waals surface area contributed by atoms with Gasteiger partial charge < -0.3 is 10.2 Å². The summed E-state index contributed by atoms with van der Waals surface area (Å²) in [6.07, 6.45) is 1.64. The average molecular weight is 408 g/mol. The van der Waals surface area contributed by atoms with Crippen LogP contribution in [0.3, 0.4) is 0 Å². The van der Waals surface area contributed by atoms with E-state index in [9.17, 15) is 9.59 Å². The molecule has 2 aromatic heterocycles. The molecule has 1 aromatic carbocycles. The molecule has 0 spiro atoms. The molecule has 142 valence electrons. The summed E-state index contributed by atoms with van der Waals surface area (Å²) < 4.78 is 2.64. The lowest BCUT2D eigenvalue weighted by Gasteiger charge is -2.36. The highest BCUT2D eigenvalue weighted by Gasteiger charge is 2.29. The zero-order valence-corrected chi connectivity index (χ0v) is 16.0. The molecule has 4 rings (SSSR count). The molecule has 1 N–H and O–H groups in total. The maximum absolute atomic E-state index is 12.9. The van der Waals surface area contributed by atoms with Crippen LogP contribution in [0.5, 0.6) is 0 Å². The Labute approximate surface area is 166 Å². The van der Waals surface area contributed by atoms with Crippen LogP contribution in [0.2, 0.25) is 5.02 Å². The van der Waals surface area contributed by atoms with E-state index >= 15 is 0 Å². The minimum atomic E-state index is -0.321. The van der Waals surface area contributed by atoms with Gasteiger partial charge in [-0.1, -0.05) is 35.9 Å². The standard InChI is InChI=1S/C18H18ClN5O2.ClH/c19-14-6-2-1-5-13(14)15-11-20-8-10-22(15)17(25)12-24-18(26)23-9-4-3-7-16(23)21-24;/h1-7,9,15,20H,8,10-12H2;1H. The predicted octanol–water partition coefficient (Wildman–Crippen LogP) is 1.74. The van der Waals surface area contributed by atoms with Crippen LogP contribution in [-0.4, -0.2) is 44.6 Å². The van der Waals surface area contributed by atoms with Crippen LogP contribution in [0.1, 0.15) is 11.6 Å². The smallest absolute Gasteiger partial charge is 0.331 e. The summed E-state index contributed by atoms with van der Waals surface area (Å²) in [5, 5.41) is 8.17. The first-order valence-electron chi connectivity index (χ1n) is 8.44. The summed E-state index contributed by atoms with van der Waals surface area (Å²) in [6, 6.07) is 12.6. The number of nitrogens with zero attached hydrogens (tertiary/aromatic N) is 4. The highest BCUT2D eigenvalue weighted by Crippen LogP contribution is 2.28. The van der Waals surface area contributed by atoms with E-state index < -0.39 is 0 Å². The Morgan fingerprint density at radius 1 is 1.22 bits per heavy atom. The number of amides is 1. The van der Waals surface area contributed by atoms with Gasteiger partial charge in [0.15, 0.2) is 5.65 Å². The summed E-state index contributed by atoms with van der Waals surface area (Å²) in [4.78, 5) is 27.1. The molecule has 9 heteroatoms. The molecule has 3 heterocycles. The number of halogens is 2. The first-order valence-corrected chi connectivity index (χ1v) is 8.82. The first-order chi connectivity index (χ1) is 12.6. The number of carbonyl (C=O) groups excluding carboxylic acids is 1. The molecular formula is C18H19Cl2N5O2. The van der Waals surface area contributed by atoms with Crippen LogP contribution in [0.4, 0.5) is 0 Å². The van der Waals surface area contributed by atoms with E-state index in [0.717, 1.165) is 5.56 Å². The largest absolute Gasteiger partial charge is 0.350 e. The molecule has 0 saturated carbocycles. The van der Waals surface area contributed by atoms with E-state index in [2.05, 4.69) is 10.4 Å². The van der Waals surface area contributed by atoms with Crippen LogP contribution >= 0.6 is 24.0 Å². The highest BCUT2D eigenvalue weighted by molar-refractivity contribution is 6.31. The summed E-state index contributed by atoms with van der Waals surface area (Å²) in [5.41, 5.74) is 1.10. The molecule has 1 aliphatic rings. The van der Waals surface area contributed by atoms with E-state index in [-0.39, 0.29) is 36.6 Å². The Bertz CT molecular complexity index is 1020. The lowest BCUT2D eigenvalue weighted by atomic mass is 10.0. The lowest BCUT2D eigenvalue weighted by Crippen LogP contribution is -2.50. The van der Waals surface area contributed by atoms with Crippen LogP contribution in [0.25, 0.3) is 5.65 Å². The quantitative estimate of drug-likeness (QED) is 0.717. The van der Waals surface area contributed by atoms with Crippen molar-refractivity contribution >= 4 is 35.6 Å². The lowest BCUT2D eigenvalue weighted by molar-refractivity contribution is -0.135. The molecule has 1 amide bonds. The topological polar surface area (TPSA) is 71.6 Å². The number of hydrogen-bond donors (Lipinski definition) is 1. The van der Waals surface area contributed by atoms with E-state index in [1.165, 1.54) is 9.08 Å². The van der Waals surface area contributed by atoms with Crippen LogP contribution < -0.4 is 11.0 Å². The third-order valence-electron chi connectivity index (χ3n) is 4.60. The maximum atomic E-state index is 12.9. The van der Waals surface area contributed by atoms with Crippen molar-refractivity contribution in [2.24, 2.45) is 0 Å². The van der Waals surface area contributed by atoms with E-state index in [0.29, 0.717) is 30.3 Å². The van der Waals surface area contributed by atoms with Crippen molar-refractivity contribution in [3.05, 3.63) is 69.7 Å². The minimum Gasteiger partial charge on any atom is -0.331 e. The fourth-order valence-corrected chi connectivity index (χ4v) is 3.58. The molecule has 27 heavy (non-hydrogen) atoms. The molecule has 1 saturated heterocycles. The molecule has 7 nitrogen and oxygen atoms in total. The Morgan fingerprint density at radius 3 is 2.78 bits per heavy atom. The minimum absolute atomic E-state index is 0. The molecule has 0 aliphatic carbocycles. The van der Waals surface area contributed by atoms with Crippen LogP contribution in [0, 0.1) is 0 Å². The van der Waals surface area contributed by atoms with Crippen molar-refractivity contribution in [3.8, 4) is 0 Å². The van der Waals surface area contributed by atoms with Gasteiger partial charge in [0, 0.05) is 30.9 Å². The Hall–Kier alpha value is -2.35. The number of carbonyl (C=O) groups is 1. The second kappa shape index (κ2) is 8.12. The third kappa shape index (κ3) is 3.71. The second-order valence-corrected chi connectivity index (χ2v) is 6.60. The number of benzene rings is 1. The first kappa shape index (κ1) is 19.4. The van der Waals surface area contributed by atoms with Gasteiger partial charge in [-0.15, -0.1) is 17.5 Å². The number of pyridine rings is 1. The second-order valence-electron chi connectivity index (χ2n) is 6.20. The SMILES string of the molecule is Cl.O=C(Cn1nc2ccccn2c1=O)N1CCNCC1c1ccccc1Cl. The summed E-state index contributed by atoms with van der Waals surface area (Å²) in [5.74, 6) is -0.151. The van der Waals surface area contributed by atoms with Gasteiger partial charge in [-0.2, -0.15) is 0 Å². The maximum Gasteiger partial charge on any atom is 0.350 e. The van der Waals surface area contributed by atoms with Gasteiger partial charge in [-0.25, -0.2) is 9.48 Å². The zero-order valence-electron chi connectivity index (χ0n) is 14.4. The molecule has 1 unspecified atom stereocenters. The summed E-state index contributed by atoms with van der Waals surface area (Å²) in [6.45, 7) is 1.78. The Kier molecular flexibility index (Phi) is 5.84. The van der Waals surface area contributed by atoms with Crippen molar-refractivity contribution in [3.63, 3.8) is 0 Å². The third-order valence-corrected chi connectivity index (χ3v) is 4.95. The molecular weight excluding hydrogens is 389 g/mol. The molecule has 0 bridgehead atoms. The Morgan fingerprint density at radius 2 is 2.00 bits per heavy atom. The van der Waals surface area contributed by atoms with Gasteiger partial charge >= 0.3 is 5.69 Å². The molecule has 1 aliphatic heterocycles. The number of rotatable bonds is 3. The number of nitrogens with one attached hydrogen (secondary N) is 1. The number of fused-ring (bicyclic) bond motifs is 1. The molecule has 3 aromatic rings. The molecule has 1 atom stereocenters. The number of piperazine rings is 1. The van der Waals surface area contributed by atoms with E-state index in [1.54, 1.807) is 29.3 Å². The van der Waals surface area contributed by atoms with Crippen molar-refractivity contribution in [1.82, 2.24) is 24.4 Å². The van der Waals surface area contributed by atoms with Crippen molar-refractivity contribution in [2.45, 2.75) is 12.6 Å². The normalized spacial score (nSPS) is 16.9. The average Bonchev–Trinajstić information content (AvgIpc) is 2.98. The van der Waals surface area contributed by atoms with Crippen molar-refractivity contribution in [1.29, 1.82) is 0 Å². The van der Waals surface area contributed by atoms with Gasteiger partial charge in [0.25, 0.3) is 0 Å². The van der Waals surface area contributed by atoms with Gasteiger partial charge in [-0.05, 0) is 23.8 Å². The zero-order chi connectivity index (χ0) is 18.1. The Balaban J connectivity index is 0.00000210. The van der Waals surface area contributed by atoms with Gasteiger partial charge in [0.2, 0.25) is 5.91 Å². The number of aromatic nitrogens is 3. The van der Waals surface area contributed by atoms with Crippen LogP contribution in [-0.2, 0) is 11.3 Å². The van der Waals surface area contributed by atoms with Crippen molar-refractivity contribution in [2.75, 3.05) is 19.6 Å². The van der Waals surface area contributed by atoms with Gasteiger partial charge in [0.05, 0.1) is 6.04 Å². The van der Waals surface area contributed by atoms with Crippen LogP contribution in [0.15, 0.2) is 53.5 Å². The predicted molar refractivity (Wildman–Crippen MR) is 105 cm³/mol. The molecule has 1 fully saturated rings. The highest BCUT2D eigenvalue weighted by atomic mass is 35.5. The fourth-order valence-electron chi connectivity index (χ4n) is 3.32. The summed E-state index contributed by atoms with van der Waals surface area (Å²) >= 11 is 6.33. The fraction of sp³-hybridized carbons (Fsp3) is 0.278. The monoisotopic (exact) mass is 407 g/mol. The van der Waals surface area contributed by atoms with Crippen molar-refractivity contribution < 1.29 is 4.79 Å². The molecule has 0 radical (unpaired) electrons. The summed E-state index contributed by atoms with van der Waals surface area (Å²) in [7, 11) is 0. The van der Waals surface area contributed by atoms with E-state index in [1.807, 2.05) is 24.3 Å². The van der Waals surface area contributed by atoms with E-state index in [4.69, 9.17) is 11.6 Å². The van der Waals surface area contributed by atoms with Gasteiger partial charge in [-0.3, -0.25) is 9.20 Å².